The molecule has 3 aromatic rings. The third kappa shape index (κ3) is 8.10. The molecule has 0 aliphatic heterocycles. The Labute approximate surface area is 225 Å². The third-order valence-corrected chi connectivity index (χ3v) is 5.14. The standard InChI is InChI=1S/C14H9Cl2F3N2O2.C8H5ClF3NO2/c1-23-13(22)8-6-20-12(5-9(8)14(17,18)19)21-11-3-2-7(15)4-10(11)16;1-15-7(14)4-3-13-6(9)2-5(4)8(10,11)12/h2-6H,1H3,(H,20,21);2-3H,1H3. The minimum absolute atomic E-state index is 0.130. The van der Waals surface area contributed by atoms with Crippen LogP contribution in [0.15, 0.2) is 42.7 Å². The van der Waals surface area contributed by atoms with Crippen LogP contribution in [0.4, 0.5) is 37.8 Å². The highest BCUT2D eigenvalue weighted by Gasteiger charge is 2.37. The topological polar surface area (TPSA) is 90.4 Å². The number of carbonyl (C=O) groups excluding carboxylic acids is 2. The van der Waals surface area contributed by atoms with Crippen molar-refractivity contribution >= 4 is 58.2 Å². The van der Waals surface area contributed by atoms with Crippen molar-refractivity contribution in [3.05, 3.63) is 80.2 Å². The van der Waals surface area contributed by atoms with Gasteiger partial charge in [0.15, 0.2) is 0 Å². The molecule has 3 rings (SSSR count). The van der Waals surface area contributed by atoms with Gasteiger partial charge in [-0.1, -0.05) is 34.8 Å². The number of anilines is 2. The molecule has 0 saturated carbocycles. The molecule has 7 nitrogen and oxygen atoms in total. The fraction of sp³-hybridized carbons (Fsp3) is 0.182. The average Bonchev–Trinajstić information content (AvgIpc) is 2.84. The molecule has 204 valence electrons. The fourth-order valence-electron chi connectivity index (χ4n) is 2.70. The van der Waals surface area contributed by atoms with E-state index < -0.39 is 46.5 Å². The summed E-state index contributed by atoms with van der Waals surface area (Å²) in [5.41, 5.74) is -3.33. The van der Waals surface area contributed by atoms with E-state index in [0.29, 0.717) is 22.8 Å². The first-order valence-corrected chi connectivity index (χ1v) is 10.9. The SMILES string of the molecule is COC(=O)c1cnc(Cl)cc1C(F)(F)F.COC(=O)c1cnc(Nc2ccc(Cl)cc2Cl)cc1C(F)(F)F. The van der Waals surface area contributed by atoms with E-state index >= 15 is 0 Å². The zero-order valence-corrected chi connectivity index (χ0v) is 21.2. The smallest absolute Gasteiger partial charge is 0.417 e. The van der Waals surface area contributed by atoms with Gasteiger partial charge < -0.3 is 14.8 Å². The van der Waals surface area contributed by atoms with Crippen LogP contribution >= 0.6 is 34.8 Å². The molecule has 0 radical (unpaired) electrons. The van der Waals surface area contributed by atoms with Gasteiger partial charge >= 0.3 is 24.3 Å². The van der Waals surface area contributed by atoms with Crippen molar-refractivity contribution in [3.63, 3.8) is 0 Å². The summed E-state index contributed by atoms with van der Waals surface area (Å²) >= 11 is 17.0. The Morgan fingerprint density at radius 1 is 0.789 bits per heavy atom. The van der Waals surface area contributed by atoms with Crippen molar-refractivity contribution < 1.29 is 45.4 Å². The van der Waals surface area contributed by atoms with E-state index in [1.165, 1.54) is 18.2 Å². The van der Waals surface area contributed by atoms with Gasteiger partial charge in [-0.15, -0.1) is 0 Å². The van der Waals surface area contributed by atoms with E-state index in [9.17, 15) is 35.9 Å². The molecule has 1 N–H and O–H groups in total. The molecule has 0 bridgehead atoms. The maximum absolute atomic E-state index is 13.1. The number of carbonyl (C=O) groups is 2. The van der Waals surface area contributed by atoms with Crippen molar-refractivity contribution in [2.45, 2.75) is 12.4 Å². The molecule has 0 unspecified atom stereocenters. The molecule has 0 fully saturated rings. The molecule has 38 heavy (non-hydrogen) atoms. The minimum Gasteiger partial charge on any atom is -0.465 e. The van der Waals surface area contributed by atoms with Crippen LogP contribution in [0, 0.1) is 0 Å². The van der Waals surface area contributed by atoms with Crippen molar-refractivity contribution in [3.8, 4) is 0 Å². The summed E-state index contributed by atoms with van der Waals surface area (Å²) in [6.07, 6.45) is -7.89. The van der Waals surface area contributed by atoms with E-state index in [-0.39, 0.29) is 16.0 Å². The number of ether oxygens (including phenoxy) is 2. The van der Waals surface area contributed by atoms with Gasteiger partial charge in [0, 0.05) is 17.4 Å². The van der Waals surface area contributed by atoms with Gasteiger partial charge in [0.1, 0.15) is 11.0 Å². The number of nitrogens with zero attached hydrogens (tertiary/aromatic N) is 2. The van der Waals surface area contributed by atoms with Gasteiger partial charge in [-0.25, -0.2) is 19.6 Å². The van der Waals surface area contributed by atoms with Crippen LogP contribution in [0.5, 0.6) is 0 Å². The number of hydrogen-bond donors (Lipinski definition) is 1. The number of nitrogens with one attached hydrogen (secondary N) is 1. The number of pyridine rings is 2. The number of halogens is 9. The molecule has 16 heteroatoms. The quantitative estimate of drug-likeness (QED) is 0.188. The van der Waals surface area contributed by atoms with Gasteiger partial charge in [0.05, 0.1) is 47.2 Å². The van der Waals surface area contributed by atoms with Gasteiger partial charge in [0.25, 0.3) is 0 Å². The summed E-state index contributed by atoms with van der Waals surface area (Å²) in [4.78, 5) is 29.6. The lowest BCUT2D eigenvalue weighted by atomic mass is 10.1. The summed E-state index contributed by atoms with van der Waals surface area (Å²) < 4.78 is 85.1. The van der Waals surface area contributed by atoms with Crippen LogP contribution in [0.1, 0.15) is 31.8 Å². The molecule has 0 spiro atoms. The molecule has 0 atom stereocenters. The minimum atomic E-state index is -4.74. The Bertz CT molecular complexity index is 1340. The molecule has 2 aromatic heterocycles. The molecule has 2 heterocycles. The van der Waals surface area contributed by atoms with E-state index in [1.54, 1.807) is 0 Å². The van der Waals surface area contributed by atoms with Crippen molar-refractivity contribution in [1.29, 1.82) is 0 Å². The second-order valence-electron chi connectivity index (χ2n) is 6.90. The largest absolute Gasteiger partial charge is 0.465 e. The first kappa shape index (κ1) is 30.9. The predicted molar refractivity (Wildman–Crippen MR) is 126 cm³/mol. The molecule has 1 aromatic carbocycles. The molecule has 0 aliphatic rings. The van der Waals surface area contributed by atoms with E-state index in [4.69, 9.17) is 34.8 Å². The van der Waals surface area contributed by atoms with Crippen LogP contribution in [-0.2, 0) is 21.8 Å². The van der Waals surface area contributed by atoms with Crippen LogP contribution in [0.2, 0.25) is 15.2 Å². The zero-order chi connectivity index (χ0) is 28.8. The van der Waals surface area contributed by atoms with Gasteiger partial charge in [0.2, 0.25) is 0 Å². The summed E-state index contributed by atoms with van der Waals surface area (Å²) in [5.74, 6) is -2.36. The highest BCUT2D eigenvalue weighted by Crippen LogP contribution is 2.35. The molecule has 0 saturated heterocycles. The van der Waals surface area contributed by atoms with E-state index in [0.717, 1.165) is 26.6 Å². The number of alkyl halides is 6. The van der Waals surface area contributed by atoms with Crippen molar-refractivity contribution in [2.24, 2.45) is 0 Å². The first-order chi connectivity index (χ1) is 17.6. The van der Waals surface area contributed by atoms with Gasteiger partial charge in [-0.3, -0.25) is 0 Å². The fourth-order valence-corrected chi connectivity index (χ4v) is 3.31. The summed E-state index contributed by atoms with van der Waals surface area (Å²) in [5, 5.41) is 2.90. The number of benzene rings is 1. The van der Waals surface area contributed by atoms with Crippen LogP contribution in [-0.4, -0.2) is 36.1 Å². The van der Waals surface area contributed by atoms with Crippen molar-refractivity contribution in [2.75, 3.05) is 19.5 Å². The maximum atomic E-state index is 13.1. The number of esters is 2. The predicted octanol–water partition coefficient (Wildman–Crippen LogP) is 7.48. The van der Waals surface area contributed by atoms with E-state index in [2.05, 4.69) is 24.8 Å². The van der Waals surface area contributed by atoms with Crippen LogP contribution in [0.25, 0.3) is 0 Å². The Hall–Kier alpha value is -3.29. The first-order valence-electron chi connectivity index (χ1n) is 9.77. The van der Waals surface area contributed by atoms with Gasteiger partial charge in [-0.2, -0.15) is 26.3 Å². The number of methoxy groups -OCH3 is 2. The Balaban J connectivity index is 0.000000293. The maximum Gasteiger partial charge on any atom is 0.417 e. The Morgan fingerprint density at radius 3 is 1.76 bits per heavy atom. The summed E-state index contributed by atoms with van der Waals surface area (Å²) in [7, 11) is 1.97. The lowest BCUT2D eigenvalue weighted by molar-refractivity contribution is -0.138. The number of aromatic nitrogens is 2. The van der Waals surface area contributed by atoms with Crippen LogP contribution in [0.3, 0.4) is 0 Å². The summed E-state index contributed by atoms with van der Waals surface area (Å²) in [6.45, 7) is 0. The number of rotatable bonds is 4. The Morgan fingerprint density at radius 2 is 1.29 bits per heavy atom. The molecule has 0 aliphatic carbocycles. The van der Waals surface area contributed by atoms with Crippen molar-refractivity contribution in [1.82, 2.24) is 9.97 Å². The second-order valence-corrected chi connectivity index (χ2v) is 8.13. The lowest BCUT2D eigenvalue weighted by Gasteiger charge is -2.14. The lowest BCUT2D eigenvalue weighted by Crippen LogP contribution is -2.15. The zero-order valence-electron chi connectivity index (χ0n) is 19.0. The monoisotopic (exact) mass is 603 g/mol. The highest BCUT2D eigenvalue weighted by molar-refractivity contribution is 6.36. The second kappa shape index (κ2) is 12.5. The molecule has 0 amide bonds. The third-order valence-electron chi connectivity index (χ3n) is 4.39. The molecular formula is C22H14Cl3F6N3O4. The normalized spacial score (nSPS) is 11.2. The number of hydrogen-bond acceptors (Lipinski definition) is 7. The Kier molecular flexibility index (Phi) is 10.2. The van der Waals surface area contributed by atoms with Gasteiger partial charge in [-0.05, 0) is 30.3 Å². The summed E-state index contributed by atoms with van der Waals surface area (Å²) in [6, 6.07) is 5.72. The van der Waals surface area contributed by atoms with E-state index in [1.807, 2.05) is 0 Å². The highest BCUT2D eigenvalue weighted by atomic mass is 35.5. The molecular weight excluding hydrogens is 591 g/mol. The van der Waals surface area contributed by atoms with Crippen LogP contribution < -0.4 is 5.32 Å². The average molecular weight is 605 g/mol.